The fourth-order valence-electron chi connectivity index (χ4n) is 3.08. The number of nitrogens with one attached hydrogen (secondary N) is 1. The van der Waals surface area contributed by atoms with Gasteiger partial charge in [0.25, 0.3) is 5.56 Å². The van der Waals surface area contributed by atoms with Gasteiger partial charge >= 0.3 is 5.69 Å². The van der Waals surface area contributed by atoms with E-state index in [9.17, 15) is 29.3 Å². The molecule has 1 aromatic heterocycles. The molecule has 2 fully saturated rings. The maximum Gasteiger partial charge on any atom is 0.330 e. The van der Waals surface area contributed by atoms with Gasteiger partial charge in [-0.05, 0) is 0 Å². The van der Waals surface area contributed by atoms with E-state index >= 15 is 0 Å². The van der Waals surface area contributed by atoms with Gasteiger partial charge in [0, 0.05) is 12.6 Å². The third-order valence-corrected chi connectivity index (χ3v) is 4.94. The van der Waals surface area contributed by atoms with Crippen molar-refractivity contribution in [3.8, 4) is 0 Å². The molecular formula is C15H20ClFN2O9. The quantitative estimate of drug-likeness (QED) is 0.346. The van der Waals surface area contributed by atoms with Crippen LogP contribution in [0.5, 0.6) is 0 Å². The molecule has 0 radical (unpaired) electrons. The largest absolute Gasteiger partial charge is 0.394 e. The Balaban J connectivity index is 1.64. The number of aliphatic hydroxyl groups excluding tert-OH is 4. The van der Waals surface area contributed by atoms with Gasteiger partial charge in [0.1, 0.15) is 47.9 Å². The predicted octanol–water partition coefficient (Wildman–Crippen LogP) is -2.37. The Morgan fingerprint density at radius 3 is 2.61 bits per heavy atom. The number of halogens is 2. The first kappa shape index (κ1) is 21.3. The van der Waals surface area contributed by atoms with Gasteiger partial charge in [-0.15, -0.1) is 0 Å². The van der Waals surface area contributed by atoms with Crippen molar-refractivity contribution in [1.82, 2.24) is 9.55 Å². The van der Waals surface area contributed by atoms with E-state index in [4.69, 9.17) is 30.9 Å². The highest BCUT2D eigenvalue weighted by Gasteiger charge is 2.45. The average Bonchev–Trinajstić information content (AvgIpc) is 3.02. The van der Waals surface area contributed by atoms with Crippen molar-refractivity contribution in [2.45, 2.75) is 55.6 Å². The lowest BCUT2D eigenvalue weighted by Crippen LogP contribution is -2.59. The van der Waals surface area contributed by atoms with E-state index in [1.54, 1.807) is 0 Å². The molecule has 3 rings (SSSR count). The molecule has 0 amide bonds. The minimum atomic E-state index is -1.63. The molecule has 158 valence electrons. The molecule has 0 aromatic carbocycles. The van der Waals surface area contributed by atoms with Gasteiger partial charge in [-0.3, -0.25) is 14.3 Å². The number of alkyl halides is 1. The number of hydrogen-bond acceptors (Lipinski definition) is 9. The molecule has 5 N–H and O–H groups in total. The van der Waals surface area contributed by atoms with Gasteiger partial charge in [0.2, 0.25) is 0 Å². The highest BCUT2D eigenvalue weighted by molar-refractivity contribution is 6.30. The lowest BCUT2D eigenvalue weighted by atomic mass is 9.99. The van der Waals surface area contributed by atoms with E-state index in [2.05, 4.69) is 0 Å². The summed E-state index contributed by atoms with van der Waals surface area (Å²) in [5.41, 5.74) is -1.60. The Morgan fingerprint density at radius 2 is 1.93 bits per heavy atom. The van der Waals surface area contributed by atoms with E-state index in [-0.39, 0.29) is 11.4 Å². The van der Waals surface area contributed by atoms with Crippen LogP contribution in [0.4, 0.5) is 4.39 Å². The van der Waals surface area contributed by atoms with Crippen LogP contribution in [0.2, 0.25) is 5.02 Å². The van der Waals surface area contributed by atoms with Gasteiger partial charge in [0.05, 0.1) is 13.2 Å². The average molecular weight is 427 g/mol. The Hall–Kier alpha value is -1.38. The van der Waals surface area contributed by atoms with Crippen LogP contribution in [0.25, 0.3) is 0 Å². The molecular weight excluding hydrogens is 407 g/mol. The minimum absolute atomic E-state index is 0.217. The predicted molar refractivity (Wildman–Crippen MR) is 89.5 cm³/mol. The van der Waals surface area contributed by atoms with E-state index in [1.807, 2.05) is 4.98 Å². The Labute approximate surface area is 161 Å². The first-order valence-corrected chi connectivity index (χ1v) is 8.83. The summed E-state index contributed by atoms with van der Waals surface area (Å²) in [6, 6.07) is 0. The molecule has 1 aromatic rings. The number of nitrogens with zero attached hydrogens (tertiary/aromatic N) is 1. The van der Waals surface area contributed by atoms with E-state index in [0.29, 0.717) is 0 Å². The van der Waals surface area contributed by atoms with Crippen LogP contribution >= 0.6 is 11.6 Å². The zero-order chi connectivity index (χ0) is 20.6. The second-order valence-electron chi connectivity index (χ2n) is 6.56. The molecule has 11 nitrogen and oxygen atoms in total. The minimum Gasteiger partial charge on any atom is -0.394 e. The van der Waals surface area contributed by atoms with Gasteiger partial charge in [-0.2, -0.15) is 0 Å². The van der Waals surface area contributed by atoms with Crippen molar-refractivity contribution in [3.05, 3.63) is 32.1 Å². The molecule has 2 aliphatic heterocycles. The van der Waals surface area contributed by atoms with Crippen molar-refractivity contribution in [2.24, 2.45) is 0 Å². The molecule has 2 saturated heterocycles. The van der Waals surface area contributed by atoms with Crippen LogP contribution in [0, 0.1) is 0 Å². The molecule has 0 saturated carbocycles. The summed E-state index contributed by atoms with van der Waals surface area (Å²) < 4.78 is 31.1. The first-order valence-electron chi connectivity index (χ1n) is 8.45. The molecule has 0 aliphatic carbocycles. The highest BCUT2D eigenvalue weighted by atomic mass is 35.5. The van der Waals surface area contributed by atoms with Crippen LogP contribution in [-0.4, -0.2) is 86.2 Å². The summed E-state index contributed by atoms with van der Waals surface area (Å²) in [7, 11) is 0. The van der Waals surface area contributed by atoms with Crippen LogP contribution < -0.4 is 11.2 Å². The maximum atomic E-state index is 14.3. The zero-order valence-electron chi connectivity index (χ0n) is 14.4. The standard InChI is InChI=1S/C15H20ClFN2O9/c16-5-2-19(15(25)18-13(5)24)9-1-6(17)8(27-9)4-26-14-12(23)11(22)10(21)7(3-20)28-14/h2,6-12,14,20-23H,1,3-4H2,(H,18,24,25)/t6-,7?,8+,9+,10?,11?,12?,14+/m0/s1. The second kappa shape index (κ2) is 8.55. The summed E-state index contributed by atoms with van der Waals surface area (Å²) in [6.07, 6.45) is -10.3. The monoisotopic (exact) mass is 426 g/mol. The van der Waals surface area contributed by atoms with Crippen molar-refractivity contribution < 1.29 is 39.0 Å². The second-order valence-corrected chi connectivity index (χ2v) is 6.96. The number of aromatic nitrogens is 2. The first-order chi connectivity index (χ1) is 13.2. The number of aliphatic hydroxyl groups is 4. The number of hydrogen-bond donors (Lipinski definition) is 5. The molecule has 2 aliphatic rings. The van der Waals surface area contributed by atoms with Crippen molar-refractivity contribution >= 4 is 11.6 Å². The lowest BCUT2D eigenvalue weighted by Gasteiger charge is -2.39. The number of rotatable bonds is 5. The third-order valence-electron chi connectivity index (χ3n) is 4.67. The van der Waals surface area contributed by atoms with Crippen molar-refractivity contribution in [3.63, 3.8) is 0 Å². The summed E-state index contributed by atoms with van der Waals surface area (Å²) >= 11 is 5.68. The van der Waals surface area contributed by atoms with Gasteiger partial charge in [-0.25, -0.2) is 9.18 Å². The number of ether oxygens (including phenoxy) is 3. The molecule has 8 atom stereocenters. The Bertz CT molecular complexity index is 802. The van der Waals surface area contributed by atoms with Crippen LogP contribution in [0.3, 0.4) is 0 Å². The van der Waals surface area contributed by atoms with Crippen LogP contribution in [0.15, 0.2) is 15.8 Å². The third kappa shape index (κ3) is 4.14. The molecule has 4 unspecified atom stereocenters. The van der Waals surface area contributed by atoms with Gasteiger partial charge in [-0.1, -0.05) is 11.6 Å². The fraction of sp³-hybridized carbons (Fsp3) is 0.733. The van der Waals surface area contributed by atoms with Gasteiger partial charge < -0.3 is 34.6 Å². The smallest absolute Gasteiger partial charge is 0.330 e. The number of H-pyrrole nitrogens is 1. The molecule has 28 heavy (non-hydrogen) atoms. The molecule has 3 heterocycles. The van der Waals surface area contributed by atoms with E-state index in [0.717, 1.165) is 10.8 Å². The Kier molecular flexibility index (Phi) is 6.51. The van der Waals surface area contributed by atoms with Gasteiger partial charge in [0.15, 0.2) is 6.29 Å². The summed E-state index contributed by atoms with van der Waals surface area (Å²) in [5.74, 6) is 0. The van der Waals surface area contributed by atoms with Crippen molar-refractivity contribution in [2.75, 3.05) is 13.2 Å². The highest BCUT2D eigenvalue weighted by Crippen LogP contribution is 2.31. The van der Waals surface area contributed by atoms with Crippen molar-refractivity contribution in [1.29, 1.82) is 0 Å². The SMILES string of the molecule is O=c1[nH]c(=O)n([C@H]2C[C@H](F)[C@@H](CO[C@@H]3OC(CO)C(O)C(O)C3O)O2)cc1Cl. The normalized spacial score (nSPS) is 38.6. The van der Waals surface area contributed by atoms with E-state index < -0.39 is 73.7 Å². The molecule has 0 spiro atoms. The van der Waals surface area contributed by atoms with E-state index in [1.165, 1.54) is 0 Å². The maximum absolute atomic E-state index is 14.3. The molecule has 13 heteroatoms. The summed E-state index contributed by atoms with van der Waals surface area (Å²) in [5, 5.41) is 38.2. The van der Waals surface area contributed by atoms with Crippen LogP contribution in [0.1, 0.15) is 12.6 Å². The molecule has 0 bridgehead atoms. The summed E-state index contributed by atoms with van der Waals surface area (Å²) in [4.78, 5) is 25.2. The summed E-state index contributed by atoms with van der Waals surface area (Å²) in [6.45, 7) is -1.04. The van der Waals surface area contributed by atoms with Crippen LogP contribution in [-0.2, 0) is 14.2 Å². The fourth-order valence-corrected chi connectivity index (χ4v) is 3.23. The Morgan fingerprint density at radius 1 is 1.21 bits per heavy atom. The topological polar surface area (TPSA) is 163 Å². The lowest BCUT2D eigenvalue weighted by molar-refractivity contribution is -0.305. The number of aromatic amines is 1. The zero-order valence-corrected chi connectivity index (χ0v) is 15.1.